The lowest BCUT2D eigenvalue weighted by atomic mass is 9.93. The Morgan fingerprint density at radius 2 is 1.70 bits per heavy atom. The van der Waals surface area contributed by atoms with Crippen molar-refractivity contribution < 1.29 is 9.47 Å². The molecule has 20 heavy (non-hydrogen) atoms. The van der Waals surface area contributed by atoms with Crippen LogP contribution in [-0.2, 0) is 15.9 Å². The summed E-state index contributed by atoms with van der Waals surface area (Å²) in [4.78, 5) is 0. The predicted molar refractivity (Wildman–Crippen MR) is 85.1 cm³/mol. The molecule has 0 aromatic heterocycles. The van der Waals surface area contributed by atoms with E-state index in [2.05, 4.69) is 51.1 Å². The van der Waals surface area contributed by atoms with Crippen molar-refractivity contribution in [1.29, 1.82) is 0 Å². The van der Waals surface area contributed by atoms with E-state index in [-0.39, 0.29) is 0 Å². The number of ether oxygens (including phenoxy) is 2. The van der Waals surface area contributed by atoms with E-state index in [0.717, 1.165) is 25.9 Å². The van der Waals surface area contributed by atoms with Gasteiger partial charge in [0, 0.05) is 6.61 Å². The van der Waals surface area contributed by atoms with Crippen LogP contribution in [0.2, 0.25) is 0 Å². The van der Waals surface area contributed by atoms with Crippen LogP contribution >= 0.6 is 0 Å². The van der Waals surface area contributed by atoms with Crippen molar-refractivity contribution in [3.05, 3.63) is 35.9 Å². The molecule has 0 aliphatic rings. The van der Waals surface area contributed by atoms with E-state index in [9.17, 15) is 0 Å². The Morgan fingerprint density at radius 1 is 0.950 bits per heavy atom. The molecule has 0 heterocycles. The average Bonchev–Trinajstić information content (AvgIpc) is 2.47. The Balaban J connectivity index is 2.35. The van der Waals surface area contributed by atoms with Crippen LogP contribution in [0.1, 0.15) is 45.6 Å². The number of rotatable bonds is 11. The van der Waals surface area contributed by atoms with Crippen molar-refractivity contribution in [3.8, 4) is 0 Å². The molecule has 0 spiro atoms. The molecule has 0 saturated heterocycles. The first-order valence-corrected chi connectivity index (χ1v) is 8.01. The van der Waals surface area contributed by atoms with Crippen molar-refractivity contribution in [2.75, 3.05) is 19.8 Å². The average molecular weight is 278 g/mol. The summed E-state index contributed by atoms with van der Waals surface area (Å²) in [5, 5.41) is 0. The molecule has 0 N–H and O–H groups in total. The van der Waals surface area contributed by atoms with Gasteiger partial charge >= 0.3 is 0 Å². The zero-order valence-electron chi connectivity index (χ0n) is 13.3. The molecule has 0 radical (unpaired) electrons. The van der Waals surface area contributed by atoms with Crippen LogP contribution in [0.4, 0.5) is 0 Å². The van der Waals surface area contributed by atoms with Crippen LogP contribution in [0, 0.1) is 5.92 Å². The molecule has 0 fully saturated rings. The fraction of sp³-hybridized carbons (Fsp3) is 0.667. The van der Waals surface area contributed by atoms with Crippen LogP contribution in [0.15, 0.2) is 30.3 Å². The smallest absolute Gasteiger partial charge is 0.0704 e. The molecular weight excluding hydrogens is 248 g/mol. The first-order chi connectivity index (χ1) is 9.77. The van der Waals surface area contributed by atoms with E-state index >= 15 is 0 Å². The van der Waals surface area contributed by atoms with Crippen LogP contribution < -0.4 is 0 Å². The Bertz CT molecular complexity index is 323. The molecule has 1 unspecified atom stereocenters. The first-order valence-electron chi connectivity index (χ1n) is 8.01. The standard InChI is InChI=1S/C18H30O2/c1-4-9-18(20-14-13-19-12-5-2)16(3)15-17-10-7-6-8-11-17/h6-8,10-11,16,18H,4-5,9,12-15H2,1-3H3/t16?,18-/m1/s1. The molecule has 1 rings (SSSR count). The van der Waals surface area contributed by atoms with Gasteiger partial charge in [0.1, 0.15) is 0 Å². The maximum atomic E-state index is 6.04. The van der Waals surface area contributed by atoms with Crippen LogP contribution in [0.5, 0.6) is 0 Å². The Kier molecular flexibility index (Phi) is 9.35. The summed E-state index contributed by atoms with van der Waals surface area (Å²) in [6.07, 6.45) is 4.79. The second kappa shape index (κ2) is 10.9. The zero-order chi connectivity index (χ0) is 14.6. The van der Waals surface area contributed by atoms with E-state index < -0.39 is 0 Å². The summed E-state index contributed by atoms with van der Waals surface area (Å²) in [5.74, 6) is 0.545. The van der Waals surface area contributed by atoms with Crippen molar-refractivity contribution >= 4 is 0 Å². The second-order valence-corrected chi connectivity index (χ2v) is 5.48. The minimum absolute atomic E-state index is 0.338. The summed E-state index contributed by atoms with van der Waals surface area (Å²) in [6, 6.07) is 10.7. The summed E-state index contributed by atoms with van der Waals surface area (Å²) in [5.41, 5.74) is 1.40. The Labute approximate surface area is 124 Å². The summed E-state index contributed by atoms with van der Waals surface area (Å²) in [6.45, 7) is 8.90. The van der Waals surface area contributed by atoms with Gasteiger partial charge in [-0.2, -0.15) is 0 Å². The summed E-state index contributed by atoms with van der Waals surface area (Å²) in [7, 11) is 0. The van der Waals surface area contributed by atoms with Gasteiger partial charge in [0.2, 0.25) is 0 Å². The molecule has 0 aliphatic heterocycles. The minimum Gasteiger partial charge on any atom is -0.379 e. The fourth-order valence-electron chi connectivity index (χ4n) is 2.44. The number of benzene rings is 1. The van der Waals surface area contributed by atoms with E-state index in [4.69, 9.17) is 9.47 Å². The quantitative estimate of drug-likeness (QED) is 0.556. The van der Waals surface area contributed by atoms with Gasteiger partial charge in [0.25, 0.3) is 0 Å². The first kappa shape index (κ1) is 17.2. The highest BCUT2D eigenvalue weighted by molar-refractivity contribution is 5.15. The van der Waals surface area contributed by atoms with E-state index in [0.29, 0.717) is 25.2 Å². The highest BCUT2D eigenvalue weighted by Gasteiger charge is 2.17. The molecule has 2 heteroatoms. The van der Waals surface area contributed by atoms with Crippen LogP contribution in [0.25, 0.3) is 0 Å². The second-order valence-electron chi connectivity index (χ2n) is 5.48. The maximum Gasteiger partial charge on any atom is 0.0704 e. The van der Waals surface area contributed by atoms with Gasteiger partial charge in [0.15, 0.2) is 0 Å². The lowest BCUT2D eigenvalue weighted by molar-refractivity contribution is -0.0220. The van der Waals surface area contributed by atoms with Crippen molar-refractivity contribution in [1.82, 2.24) is 0 Å². The maximum absolute atomic E-state index is 6.04. The van der Waals surface area contributed by atoms with Gasteiger partial charge in [-0.05, 0) is 30.7 Å². The molecule has 1 aromatic rings. The Hall–Kier alpha value is -0.860. The molecule has 0 saturated carbocycles. The third-order valence-electron chi connectivity index (χ3n) is 3.52. The van der Waals surface area contributed by atoms with Gasteiger partial charge in [-0.1, -0.05) is 57.5 Å². The largest absolute Gasteiger partial charge is 0.379 e. The molecule has 2 nitrogen and oxygen atoms in total. The number of hydrogen-bond donors (Lipinski definition) is 0. The molecule has 0 amide bonds. The minimum atomic E-state index is 0.338. The van der Waals surface area contributed by atoms with Crippen LogP contribution in [-0.4, -0.2) is 25.9 Å². The predicted octanol–water partition coefficient (Wildman–Crippen LogP) is 4.48. The SMILES string of the molecule is CCCOCCO[C@H](CCC)C(C)Cc1ccccc1. The third kappa shape index (κ3) is 7.06. The van der Waals surface area contributed by atoms with E-state index in [1.807, 2.05) is 0 Å². The van der Waals surface area contributed by atoms with Gasteiger partial charge < -0.3 is 9.47 Å². The summed E-state index contributed by atoms with van der Waals surface area (Å²) < 4.78 is 11.5. The van der Waals surface area contributed by atoms with Crippen molar-refractivity contribution in [3.63, 3.8) is 0 Å². The molecule has 1 aromatic carbocycles. The molecular formula is C18H30O2. The van der Waals surface area contributed by atoms with E-state index in [1.54, 1.807) is 0 Å². The normalized spacial score (nSPS) is 14.2. The monoisotopic (exact) mass is 278 g/mol. The highest BCUT2D eigenvalue weighted by Crippen LogP contribution is 2.18. The lowest BCUT2D eigenvalue weighted by Crippen LogP contribution is -2.25. The Morgan fingerprint density at radius 3 is 2.35 bits per heavy atom. The van der Waals surface area contributed by atoms with Crippen molar-refractivity contribution in [2.24, 2.45) is 5.92 Å². The summed E-state index contributed by atoms with van der Waals surface area (Å²) >= 11 is 0. The molecule has 0 aliphatic carbocycles. The lowest BCUT2D eigenvalue weighted by Gasteiger charge is -2.24. The van der Waals surface area contributed by atoms with Gasteiger partial charge in [-0.3, -0.25) is 0 Å². The van der Waals surface area contributed by atoms with Gasteiger partial charge in [-0.15, -0.1) is 0 Å². The highest BCUT2D eigenvalue weighted by atomic mass is 16.5. The van der Waals surface area contributed by atoms with Gasteiger partial charge in [-0.25, -0.2) is 0 Å². The number of hydrogen-bond acceptors (Lipinski definition) is 2. The molecule has 0 bridgehead atoms. The molecule has 2 atom stereocenters. The zero-order valence-corrected chi connectivity index (χ0v) is 13.3. The molecule has 114 valence electrons. The van der Waals surface area contributed by atoms with Gasteiger partial charge in [0.05, 0.1) is 19.3 Å². The van der Waals surface area contributed by atoms with Crippen LogP contribution in [0.3, 0.4) is 0 Å². The third-order valence-corrected chi connectivity index (χ3v) is 3.52. The van der Waals surface area contributed by atoms with Crippen molar-refractivity contribution in [2.45, 2.75) is 52.6 Å². The fourth-order valence-corrected chi connectivity index (χ4v) is 2.44. The van der Waals surface area contributed by atoms with E-state index in [1.165, 1.54) is 12.0 Å². The topological polar surface area (TPSA) is 18.5 Å².